The van der Waals surface area contributed by atoms with Crippen molar-refractivity contribution in [2.45, 2.75) is 12.3 Å². The van der Waals surface area contributed by atoms with Crippen molar-refractivity contribution >= 4 is 16.7 Å². The van der Waals surface area contributed by atoms with E-state index in [1.165, 1.54) is 0 Å². The molecule has 0 saturated carbocycles. The van der Waals surface area contributed by atoms with Gasteiger partial charge in [-0.2, -0.15) is 0 Å². The van der Waals surface area contributed by atoms with Gasteiger partial charge in [0.1, 0.15) is 11.5 Å². The minimum atomic E-state index is -0.860. The maximum Gasteiger partial charge on any atom is 0.311 e. The second-order valence-corrected chi connectivity index (χ2v) is 5.84. The Morgan fingerprint density at radius 1 is 1.00 bits per heavy atom. The molecule has 128 valence electrons. The van der Waals surface area contributed by atoms with Crippen molar-refractivity contribution in [2.24, 2.45) is 0 Å². The second-order valence-electron chi connectivity index (χ2n) is 5.84. The topological polar surface area (TPSA) is 55.8 Å². The van der Waals surface area contributed by atoms with Gasteiger partial charge in [-0.1, -0.05) is 42.5 Å². The van der Waals surface area contributed by atoms with Crippen molar-refractivity contribution in [2.75, 3.05) is 14.2 Å². The molecule has 3 aromatic rings. The van der Waals surface area contributed by atoms with Crippen molar-refractivity contribution in [3.8, 4) is 11.5 Å². The van der Waals surface area contributed by atoms with Crippen molar-refractivity contribution < 1.29 is 19.4 Å². The molecular formula is C21H20O4. The molecule has 4 nitrogen and oxygen atoms in total. The summed E-state index contributed by atoms with van der Waals surface area (Å²) >= 11 is 0. The molecule has 0 aliphatic rings. The Morgan fingerprint density at radius 3 is 2.48 bits per heavy atom. The van der Waals surface area contributed by atoms with Crippen molar-refractivity contribution in [3.63, 3.8) is 0 Å². The van der Waals surface area contributed by atoms with E-state index in [4.69, 9.17) is 9.47 Å². The quantitative estimate of drug-likeness (QED) is 0.730. The molecule has 0 fully saturated rings. The lowest BCUT2D eigenvalue weighted by atomic mass is 9.88. The van der Waals surface area contributed by atoms with Gasteiger partial charge >= 0.3 is 5.97 Å². The van der Waals surface area contributed by atoms with Crippen LogP contribution >= 0.6 is 0 Å². The third-order valence-corrected chi connectivity index (χ3v) is 4.41. The summed E-state index contributed by atoms with van der Waals surface area (Å²) in [6, 6.07) is 19.0. The van der Waals surface area contributed by atoms with Crippen LogP contribution in [0.25, 0.3) is 10.8 Å². The number of carboxylic acid groups (broad SMARTS) is 1. The first-order chi connectivity index (χ1) is 12.1. The Bertz CT molecular complexity index is 896. The molecule has 25 heavy (non-hydrogen) atoms. The Balaban J connectivity index is 2.07. The highest BCUT2D eigenvalue weighted by molar-refractivity contribution is 5.90. The number of benzene rings is 3. The van der Waals surface area contributed by atoms with Crippen LogP contribution in [0.2, 0.25) is 0 Å². The monoisotopic (exact) mass is 336 g/mol. The summed E-state index contributed by atoms with van der Waals surface area (Å²) in [6.45, 7) is 0. The van der Waals surface area contributed by atoms with Crippen LogP contribution in [0.4, 0.5) is 0 Å². The number of ether oxygens (including phenoxy) is 2. The number of carboxylic acids is 1. The minimum Gasteiger partial charge on any atom is -0.497 e. The smallest absolute Gasteiger partial charge is 0.311 e. The molecule has 0 bridgehead atoms. The van der Waals surface area contributed by atoms with Crippen molar-refractivity contribution in [1.82, 2.24) is 0 Å². The van der Waals surface area contributed by atoms with Crippen LogP contribution in [0.1, 0.15) is 17.0 Å². The Morgan fingerprint density at radius 2 is 1.76 bits per heavy atom. The minimum absolute atomic E-state index is 0.323. The van der Waals surface area contributed by atoms with Crippen LogP contribution < -0.4 is 9.47 Å². The SMILES string of the molecule is COc1ccc(OC)c(CC(C(=O)O)c2cccc3ccccc23)c1. The molecule has 0 amide bonds. The number of aliphatic carboxylic acids is 1. The molecule has 0 spiro atoms. The third kappa shape index (κ3) is 3.43. The molecule has 0 heterocycles. The highest BCUT2D eigenvalue weighted by Crippen LogP contribution is 2.33. The maximum atomic E-state index is 12.0. The van der Waals surface area contributed by atoms with E-state index in [0.717, 1.165) is 21.9 Å². The standard InChI is InChI=1S/C21H20O4/c1-24-16-10-11-20(25-2)15(12-16)13-19(21(22)23)18-9-5-7-14-6-3-4-8-17(14)18/h3-12,19H,13H2,1-2H3,(H,22,23). The van der Waals surface area contributed by atoms with Crippen LogP contribution in [0, 0.1) is 0 Å². The average molecular weight is 336 g/mol. The van der Waals surface area contributed by atoms with E-state index in [1.807, 2.05) is 48.5 Å². The highest BCUT2D eigenvalue weighted by atomic mass is 16.5. The fourth-order valence-electron chi connectivity index (χ4n) is 3.15. The predicted octanol–water partition coefficient (Wildman–Crippen LogP) is 4.27. The molecule has 3 aromatic carbocycles. The molecule has 0 aliphatic heterocycles. The zero-order valence-electron chi connectivity index (χ0n) is 14.2. The summed E-state index contributed by atoms with van der Waals surface area (Å²) in [5, 5.41) is 11.9. The molecule has 0 aromatic heterocycles. The van der Waals surface area contributed by atoms with Gasteiger partial charge in [-0.25, -0.2) is 0 Å². The summed E-state index contributed by atoms with van der Waals surface area (Å²) < 4.78 is 10.7. The molecule has 1 N–H and O–H groups in total. The number of fused-ring (bicyclic) bond motifs is 1. The Labute approximate surface area is 146 Å². The van der Waals surface area contributed by atoms with Gasteiger partial charge < -0.3 is 14.6 Å². The first-order valence-corrected chi connectivity index (χ1v) is 8.05. The van der Waals surface area contributed by atoms with Gasteiger partial charge in [0.05, 0.1) is 20.1 Å². The number of methoxy groups -OCH3 is 2. The Kier molecular flexibility index (Phi) is 4.89. The zero-order valence-corrected chi connectivity index (χ0v) is 14.2. The molecule has 0 radical (unpaired) electrons. The summed E-state index contributed by atoms with van der Waals surface area (Å²) in [5.74, 6) is -0.196. The summed E-state index contributed by atoms with van der Waals surface area (Å²) in [7, 11) is 3.17. The summed E-state index contributed by atoms with van der Waals surface area (Å²) in [5.41, 5.74) is 1.61. The zero-order chi connectivity index (χ0) is 17.8. The molecule has 4 heteroatoms. The van der Waals surface area contributed by atoms with E-state index in [9.17, 15) is 9.90 Å². The van der Waals surface area contributed by atoms with Gasteiger partial charge in [-0.3, -0.25) is 4.79 Å². The van der Waals surface area contributed by atoms with E-state index in [-0.39, 0.29) is 0 Å². The second kappa shape index (κ2) is 7.26. The third-order valence-electron chi connectivity index (χ3n) is 4.41. The maximum absolute atomic E-state index is 12.0. The number of rotatable bonds is 6. The van der Waals surface area contributed by atoms with E-state index >= 15 is 0 Å². The Hall–Kier alpha value is -3.01. The van der Waals surface area contributed by atoms with Crippen LogP contribution in [0.15, 0.2) is 60.7 Å². The molecule has 0 saturated heterocycles. The first kappa shape index (κ1) is 16.8. The van der Waals surface area contributed by atoms with Gasteiger partial charge in [0.2, 0.25) is 0 Å². The number of carbonyl (C=O) groups is 1. The summed E-state index contributed by atoms with van der Waals surface area (Å²) in [4.78, 5) is 12.0. The van der Waals surface area contributed by atoms with E-state index < -0.39 is 11.9 Å². The van der Waals surface area contributed by atoms with Crippen LogP contribution in [0.3, 0.4) is 0 Å². The van der Waals surface area contributed by atoms with Crippen LogP contribution in [-0.4, -0.2) is 25.3 Å². The lowest BCUT2D eigenvalue weighted by Crippen LogP contribution is -2.15. The fourth-order valence-corrected chi connectivity index (χ4v) is 3.15. The summed E-state index contributed by atoms with van der Waals surface area (Å²) in [6.07, 6.45) is 0.323. The molecular weight excluding hydrogens is 316 g/mol. The lowest BCUT2D eigenvalue weighted by molar-refractivity contribution is -0.138. The molecule has 0 aliphatic carbocycles. The van der Waals surface area contributed by atoms with E-state index in [1.54, 1.807) is 26.4 Å². The molecule has 1 atom stereocenters. The first-order valence-electron chi connectivity index (χ1n) is 8.05. The van der Waals surface area contributed by atoms with Gasteiger partial charge in [-0.05, 0) is 46.5 Å². The number of hydrogen-bond donors (Lipinski definition) is 1. The highest BCUT2D eigenvalue weighted by Gasteiger charge is 2.24. The van der Waals surface area contributed by atoms with Gasteiger partial charge in [0, 0.05) is 0 Å². The van der Waals surface area contributed by atoms with Crippen LogP contribution in [-0.2, 0) is 11.2 Å². The largest absolute Gasteiger partial charge is 0.497 e. The van der Waals surface area contributed by atoms with E-state index in [2.05, 4.69) is 0 Å². The van der Waals surface area contributed by atoms with Gasteiger partial charge in [0.25, 0.3) is 0 Å². The van der Waals surface area contributed by atoms with Gasteiger partial charge in [0.15, 0.2) is 0 Å². The van der Waals surface area contributed by atoms with Crippen molar-refractivity contribution in [3.05, 3.63) is 71.8 Å². The predicted molar refractivity (Wildman–Crippen MR) is 97.6 cm³/mol. The molecule has 3 rings (SSSR count). The number of hydrogen-bond acceptors (Lipinski definition) is 3. The normalized spacial score (nSPS) is 11.9. The lowest BCUT2D eigenvalue weighted by Gasteiger charge is -2.18. The van der Waals surface area contributed by atoms with Crippen LogP contribution in [0.5, 0.6) is 11.5 Å². The molecule has 1 unspecified atom stereocenters. The van der Waals surface area contributed by atoms with Crippen molar-refractivity contribution in [1.29, 1.82) is 0 Å². The average Bonchev–Trinajstić information content (AvgIpc) is 2.65. The van der Waals surface area contributed by atoms with Gasteiger partial charge in [-0.15, -0.1) is 0 Å². The fraction of sp³-hybridized carbons (Fsp3) is 0.190. The van der Waals surface area contributed by atoms with E-state index in [0.29, 0.717) is 17.9 Å².